The molecule has 0 bridgehead atoms. The zero-order valence-electron chi connectivity index (χ0n) is 12.1. The lowest BCUT2D eigenvalue weighted by Crippen LogP contribution is -2.53. The monoisotopic (exact) mass is 288 g/mol. The van der Waals surface area contributed by atoms with E-state index < -0.39 is 36.2 Å². The van der Waals surface area contributed by atoms with E-state index in [2.05, 4.69) is 0 Å². The minimum Gasteiger partial charge on any atom is -0.463 e. The van der Waals surface area contributed by atoms with Crippen molar-refractivity contribution < 1.29 is 33.3 Å². The molecule has 20 heavy (non-hydrogen) atoms. The molecule has 1 fully saturated rings. The molecule has 0 spiro atoms. The highest BCUT2D eigenvalue weighted by Crippen LogP contribution is 2.26. The number of hydrogen-bond acceptors (Lipinski definition) is 7. The highest BCUT2D eigenvalue weighted by Gasteiger charge is 2.42. The van der Waals surface area contributed by atoms with E-state index in [1.54, 1.807) is 6.92 Å². The Hall–Kier alpha value is -1.63. The summed E-state index contributed by atoms with van der Waals surface area (Å²) in [6, 6.07) is 0. The van der Waals surface area contributed by atoms with Crippen molar-refractivity contribution in [1.29, 1.82) is 0 Å². The molecule has 0 aromatic carbocycles. The smallest absolute Gasteiger partial charge is 0.303 e. The predicted molar refractivity (Wildman–Crippen MR) is 66.7 cm³/mol. The van der Waals surface area contributed by atoms with Gasteiger partial charge in [-0.25, -0.2) is 0 Å². The van der Waals surface area contributed by atoms with Crippen LogP contribution in [0.3, 0.4) is 0 Å². The normalized spacial score (nSPS) is 29.4. The van der Waals surface area contributed by atoms with Crippen molar-refractivity contribution in [1.82, 2.24) is 0 Å². The van der Waals surface area contributed by atoms with Gasteiger partial charge in [0.05, 0.1) is 6.10 Å². The summed E-state index contributed by atoms with van der Waals surface area (Å²) in [4.78, 5) is 33.2. The third-order valence-corrected chi connectivity index (χ3v) is 2.77. The quantitative estimate of drug-likeness (QED) is 0.552. The van der Waals surface area contributed by atoms with Crippen LogP contribution in [-0.2, 0) is 33.3 Å². The number of hydrogen-bond donors (Lipinski definition) is 0. The minimum absolute atomic E-state index is 0.0601. The Morgan fingerprint density at radius 2 is 1.65 bits per heavy atom. The average Bonchev–Trinajstić information content (AvgIpc) is 2.28. The highest BCUT2D eigenvalue weighted by molar-refractivity contribution is 5.67. The number of carbonyl (C=O) groups is 3. The lowest BCUT2D eigenvalue weighted by atomic mass is 9.98. The Morgan fingerprint density at radius 1 is 1.05 bits per heavy atom. The zero-order valence-corrected chi connectivity index (χ0v) is 12.1. The molecular formula is C13H20O7. The molecule has 0 aromatic heterocycles. The topological polar surface area (TPSA) is 88.1 Å². The van der Waals surface area contributed by atoms with E-state index >= 15 is 0 Å². The third kappa shape index (κ3) is 5.16. The summed E-state index contributed by atoms with van der Waals surface area (Å²) in [7, 11) is 0. The van der Waals surface area contributed by atoms with Crippen LogP contribution in [0.1, 0.15) is 34.1 Å². The second-order valence-electron chi connectivity index (χ2n) is 4.75. The van der Waals surface area contributed by atoms with Gasteiger partial charge in [0.1, 0.15) is 18.8 Å². The van der Waals surface area contributed by atoms with E-state index in [1.807, 2.05) is 0 Å². The Balaban J connectivity index is 2.82. The molecule has 7 heteroatoms. The molecule has 0 N–H and O–H groups in total. The van der Waals surface area contributed by atoms with Crippen LogP contribution >= 0.6 is 0 Å². The Labute approximate surface area is 117 Å². The van der Waals surface area contributed by atoms with Crippen molar-refractivity contribution in [2.24, 2.45) is 0 Å². The van der Waals surface area contributed by atoms with Gasteiger partial charge in [-0.1, -0.05) is 0 Å². The molecule has 0 aromatic rings. The van der Waals surface area contributed by atoms with E-state index in [1.165, 1.54) is 20.8 Å². The van der Waals surface area contributed by atoms with Gasteiger partial charge in [-0.2, -0.15) is 0 Å². The molecule has 0 unspecified atom stereocenters. The van der Waals surface area contributed by atoms with Gasteiger partial charge in [0.2, 0.25) is 0 Å². The standard InChI is InChI=1S/C13H20O7/c1-7-5-11(19-9(3)15)13(20-10(4)16)12(18-7)6-17-8(2)14/h7,11-13H,5-6H2,1-4H3/t7-,11+,12+,13-/m0/s1. The van der Waals surface area contributed by atoms with Gasteiger partial charge in [-0.3, -0.25) is 14.4 Å². The Morgan fingerprint density at radius 3 is 2.15 bits per heavy atom. The van der Waals surface area contributed by atoms with E-state index in [9.17, 15) is 14.4 Å². The summed E-state index contributed by atoms with van der Waals surface area (Å²) >= 11 is 0. The van der Waals surface area contributed by atoms with E-state index in [0.29, 0.717) is 6.42 Å². The molecule has 4 atom stereocenters. The van der Waals surface area contributed by atoms with Crippen LogP contribution in [0.2, 0.25) is 0 Å². The number of rotatable bonds is 4. The summed E-state index contributed by atoms with van der Waals surface area (Å²) < 4.78 is 20.9. The summed E-state index contributed by atoms with van der Waals surface area (Å²) in [6.45, 7) is 5.56. The van der Waals surface area contributed by atoms with E-state index in [4.69, 9.17) is 18.9 Å². The molecule has 1 saturated heterocycles. The first-order valence-electron chi connectivity index (χ1n) is 6.42. The van der Waals surface area contributed by atoms with Crippen LogP contribution in [0, 0.1) is 0 Å². The van der Waals surface area contributed by atoms with Crippen LogP contribution in [0.5, 0.6) is 0 Å². The summed E-state index contributed by atoms with van der Waals surface area (Å²) in [5, 5.41) is 0. The largest absolute Gasteiger partial charge is 0.463 e. The third-order valence-electron chi connectivity index (χ3n) is 2.77. The lowest BCUT2D eigenvalue weighted by molar-refractivity contribution is -0.212. The van der Waals surface area contributed by atoms with E-state index in [-0.39, 0.29) is 12.7 Å². The van der Waals surface area contributed by atoms with Crippen LogP contribution in [0.25, 0.3) is 0 Å². The lowest BCUT2D eigenvalue weighted by Gasteiger charge is -2.39. The first-order valence-corrected chi connectivity index (χ1v) is 6.42. The van der Waals surface area contributed by atoms with Gasteiger partial charge in [-0.15, -0.1) is 0 Å². The summed E-state index contributed by atoms with van der Waals surface area (Å²) in [5.74, 6) is -1.44. The fourth-order valence-electron chi connectivity index (χ4n) is 2.14. The molecule has 0 aliphatic carbocycles. The molecule has 7 nitrogen and oxygen atoms in total. The van der Waals surface area contributed by atoms with Crippen LogP contribution in [0.4, 0.5) is 0 Å². The maximum atomic E-state index is 11.2. The van der Waals surface area contributed by atoms with Gasteiger partial charge in [0.25, 0.3) is 0 Å². The van der Waals surface area contributed by atoms with Crippen molar-refractivity contribution in [3.8, 4) is 0 Å². The predicted octanol–water partition coefficient (Wildman–Crippen LogP) is 0.590. The Kier molecular flexibility index (Phi) is 5.94. The fourth-order valence-corrected chi connectivity index (χ4v) is 2.14. The highest BCUT2D eigenvalue weighted by atomic mass is 16.6. The first-order chi connectivity index (χ1) is 9.29. The van der Waals surface area contributed by atoms with Crippen LogP contribution in [0.15, 0.2) is 0 Å². The zero-order chi connectivity index (χ0) is 15.3. The molecule has 0 amide bonds. The second kappa shape index (κ2) is 7.23. The maximum Gasteiger partial charge on any atom is 0.303 e. The van der Waals surface area contributed by atoms with Crippen molar-refractivity contribution in [2.75, 3.05) is 6.61 Å². The molecule has 1 heterocycles. The number of esters is 3. The van der Waals surface area contributed by atoms with Crippen molar-refractivity contribution in [3.05, 3.63) is 0 Å². The molecular weight excluding hydrogens is 268 g/mol. The molecule has 114 valence electrons. The SMILES string of the molecule is CC(=O)OC[C@H]1O[C@@H](C)C[C@@H](OC(C)=O)[C@@H]1OC(C)=O. The summed E-state index contributed by atoms with van der Waals surface area (Å²) in [5.41, 5.74) is 0. The first kappa shape index (κ1) is 16.4. The van der Waals surface area contributed by atoms with Crippen molar-refractivity contribution in [2.45, 2.75) is 58.5 Å². The minimum atomic E-state index is -0.785. The number of carbonyl (C=O) groups excluding carboxylic acids is 3. The van der Waals surface area contributed by atoms with Crippen molar-refractivity contribution in [3.63, 3.8) is 0 Å². The fraction of sp³-hybridized carbons (Fsp3) is 0.769. The Bertz CT molecular complexity index is 379. The maximum absolute atomic E-state index is 11.2. The molecule has 1 rings (SSSR count). The van der Waals surface area contributed by atoms with Crippen LogP contribution in [-0.4, -0.2) is 48.9 Å². The molecule has 0 radical (unpaired) electrons. The average molecular weight is 288 g/mol. The second-order valence-corrected chi connectivity index (χ2v) is 4.75. The molecule has 0 saturated carbocycles. The van der Waals surface area contributed by atoms with Gasteiger partial charge < -0.3 is 18.9 Å². The number of ether oxygens (including phenoxy) is 4. The van der Waals surface area contributed by atoms with Gasteiger partial charge in [0.15, 0.2) is 6.10 Å². The van der Waals surface area contributed by atoms with Gasteiger partial charge in [0, 0.05) is 27.2 Å². The van der Waals surface area contributed by atoms with Crippen LogP contribution < -0.4 is 0 Å². The van der Waals surface area contributed by atoms with Gasteiger partial charge >= 0.3 is 17.9 Å². The summed E-state index contributed by atoms with van der Waals surface area (Å²) in [6.07, 6.45) is -1.84. The van der Waals surface area contributed by atoms with Crippen molar-refractivity contribution >= 4 is 17.9 Å². The van der Waals surface area contributed by atoms with Gasteiger partial charge in [-0.05, 0) is 6.92 Å². The van der Waals surface area contributed by atoms with E-state index in [0.717, 1.165) is 0 Å². The molecule has 1 aliphatic heterocycles. The molecule has 1 aliphatic rings.